The first kappa shape index (κ1) is 19.0. The van der Waals surface area contributed by atoms with Crippen molar-refractivity contribution in [1.29, 1.82) is 0 Å². The summed E-state index contributed by atoms with van der Waals surface area (Å²) in [4.78, 5) is 17.9. The maximum atomic E-state index is 13.1. The minimum atomic E-state index is 0.179. The van der Waals surface area contributed by atoms with Gasteiger partial charge in [-0.2, -0.15) is 5.10 Å². The summed E-state index contributed by atoms with van der Waals surface area (Å²) in [7, 11) is 0. The number of carbonyl (C=O) groups is 1. The van der Waals surface area contributed by atoms with Crippen LogP contribution in [0.5, 0.6) is 0 Å². The molecule has 0 bridgehead atoms. The number of hydrogen-bond acceptors (Lipinski definition) is 3. The van der Waals surface area contributed by atoms with E-state index in [1.54, 1.807) is 0 Å². The molecule has 0 radical (unpaired) electrons. The summed E-state index contributed by atoms with van der Waals surface area (Å²) < 4.78 is 1.86. The zero-order chi connectivity index (χ0) is 18.9. The molecule has 0 aromatic carbocycles. The van der Waals surface area contributed by atoms with Gasteiger partial charge in [-0.25, -0.2) is 0 Å². The van der Waals surface area contributed by atoms with E-state index in [2.05, 4.69) is 21.8 Å². The highest BCUT2D eigenvalue weighted by Crippen LogP contribution is 2.40. The van der Waals surface area contributed by atoms with Crippen LogP contribution in [0, 0.1) is 18.3 Å². The second-order valence-corrected chi connectivity index (χ2v) is 9.31. The van der Waals surface area contributed by atoms with Crippen molar-refractivity contribution in [3.8, 4) is 0 Å². The standard InChI is InChI=1S/C22H36N4O/c1-3-26-20(14-18(2)23-26)21(27)25-13-11-22(17-25)10-7-12-24(16-22)15-19-8-5-4-6-9-19/h14,19H,3-13,15-17H2,1-2H3. The van der Waals surface area contributed by atoms with Crippen LogP contribution in [-0.4, -0.2) is 58.2 Å². The average Bonchev–Trinajstić information content (AvgIpc) is 3.25. The number of likely N-dealkylation sites (tertiary alicyclic amines) is 2. The van der Waals surface area contributed by atoms with Gasteiger partial charge in [0.15, 0.2) is 0 Å². The van der Waals surface area contributed by atoms with Gasteiger partial charge in [0.2, 0.25) is 0 Å². The molecule has 5 nitrogen and oxygen atoms in total. The van der Waals surface area contributed by atoms with Gasteiger partial charge in [0.1, 0.15) is 5.69 Å². The topological polar surface area (TPSA) is 41.4 Å². The number of carbonyl (C=O) groups excluding carboxylic acids is 1. The van der Waals surface area contributed by atoms with E-state index >= 15 is 0 Å². The number of nitrogens with zero attached hydrogens (tertiary/aromatic N) is 4. The van der Waals surface area contributed by atoms with Crippen molar-refractivity contribution in [2.45, 2.75) is 71.8 Å². The van der Waals surface area contributed by atoms with Crippen molar-refractivity contribution in [2.24, 2.45) is 11.3 Å². The molecule has 27 heavy (non-hydrogen) atoms. The molecular formula is C22H36N4O. The van der Waals surface area contributed by atoms with E-state index in [1.165, 1.54) is 71.0 Å². The van der Waals surface area contributed by atoms with E-state index in [4.69, 9.17) is 0 Å². The van der Waals surface area contributed by atoms with Crippen molar-refractivity contribution in [3.63, 3.8) is 0 Å². The van der Waals surface area contributed by atoms with Gasteiger partial charge in [-0.1, -0.05) is 19.3 Å². The normalized spacial score (nSPS) is 27.6. The molecule has 1 saturated carbocycles. The Balaban J connectivity index is 1.39. The molecule has 0 N–H and O–H groups in total. The predicted octanol–water partition coefficient (Wildman–Crippen LogP) is 3.72. The summed E-state index contributed by atoms with van der Waals surface area (Å²) >= 11 is 0. The maximum Gasteiger partial charge on any atom is 0.272 e. The predicted molar refractivity (Wildman–Crippen MR) is 108 cm³/mol. The molecule has 1 spiro atoms. The minimum absolute atomic E-state index is 0.179. The third-order valence-electron chi connectivity index (χ3n) is 7.13. The molecule has 3 heterocycles. The Morgan fingerprint density at radius 2 is 1.96 bits per heavy atom. The van der Waals surface area contributed by atoms with Crippen LogP contribution >= 0.6 is 0 Å². The Bertz CT molecular complexity index is 663. The molecule has 1 aromatic heterocycles. The van der Waals surface area contributed by atoms with E-state index < -0.39 is 0 Å². The molecular weight excluding hydrogens is 336 g/mol. The third kappa shape index (κ3) is 4.08. The van der Waals surface area contributed by atoms with Crippen LogP contribution in [0.1, 0.15) is 74.5 Å². The van der Waals surface area contributed by atoms with Gasteiger partial charge in [0.25, 0.3) is 5.91 Å². The number of aryl methyl sites for hydroxylation is 2. The second-order valence-electron chi connectivity index (χ2n) is 9.31. The molecule has 1 aromatic rings. The summed E-state index contributed by atoms with van der Waals surface area (Å²) in [6, 6.07) is 1.95. The van der Waals surface area contributed by atoms with Gasteiger partial charge in [0.05, 0.1) is 5.69 Å². The second kappa shape index (κ2) is 7.94. The smallest absolute Gasteiger partial charge is 0.272 e. The van der Waals surface area contributed by atoms with Crippen molar-refractivity contribution in [1.82, 2.24) is 19.6 Å². The first-order valence-corrected chi connectivity index (χ1v) is 11.1. The summed E-state index contributed by atoms with van der Waals surface area (Å²) in [5.41, 5.74) is 2.03. The summed E-state index contributed by atoms with van der Waals surface area (Å²) in [5, 5.41) is 4.46. The van der Waals surface area contributed by atoms with Gasteiger partial charge >= 0.3 is 0 Å². The van der Waals surface area contributed by atoms with Gasteiger partial charge < -0.3 is 9.80 Å². The van der Waals surface area contributed by atoms with E-state index in [0.29, 0.717) is 5.41 Å². The van der Waals surface area contributed by atoms with E-state index in [-0.39, 0.29) is 5.91 Å². The summed E-state index contributed by atoms with van der Waals surface area (Å²) in [5.74, 6) is 1.09. The van der Waals surface area contributed by atoms with Gasteiger partial charge in [-0.15, -0.1) is 0 Å². The Morgan fingerprint density at radius 1 is 1.15 bits per heavy atom. The van der Waals surface area contributed by atoms with Crippen LogP contribution in [0.4, 0.5) is 0 Å². The fourth-order valence-electron chi connectivity index (χ4n) is 5.76. The lowest BCUT2D eigenvalue weighted by Gasteiger charge is -2.42. The first-order valence-electron chi connectivity index (χ1n) is 11.1. The molecule has 4 rings (SSSR count). The van der Waals surface area contributed by atoms with Crippen LogP contribution in [-0.2, 0) is 6.54 Å². The maximum absolute atomic E-state index is 13.1. The van der Waals surface area contributed by atoms with E-state index in [9.17, 15) is 4.79 Å². The molecule has 2 aliphatic heterocycles. The van der Waals surface area contributed by atoms with Crippen molar-refractivity contribution in [3.05, 3.63) is 17.5 Å². The molecule has 1 amide bonds. The largest absolute Gasteiger partial charge is 0.337 e. The molecule has 150 valence electrons. The molecule has 1 atom stereocenters. The van der Waals surface area contributed by atoms with Crippen molar-refractivity contribution >= 4 is 5.91 Å². The summed E-state index contributed by atoms with van der Waals surface area (Å²) in [6.07, 6.45) is 10.9. The highest BCUT2D eigenvalue weighted by atomic mass is 16.2. The SMILES string of the molecule is CCn1nc(C)cc1C(=O)N1CCC2(CCCN(CC3CCCCC3)C2)C1. The quantitative estimate of drug-likeness (QED) is 0.809. The number of rotatable bonds is 4. The lowest BCUT2D eigenvalue weighted by molar-refractivity contribution is 0.0623. The highest BCUT2D eigenvalue weighted by Gasteiger charge is 2.43. The van der Waals surface area contributed by atoms with Crippen molar-refractivity contribution in [2.75, 3.05) is 32.7 Å². The van der Waals surface area contributed by atoms with Gasteiger partial charge in [-0.05, 0) is 64.5 Å². The molecule has 5 heteroatoms. The minimum Gasteiger partial charge on any atom is -0.337 e. The van der Waals surface area contributed by atoms with Crippen LogP contribution in [0.15, 0.2) is 6.07 Å². The zero-order valence-electron chi connectivity index (χ0n) is 17.3. The molecule has 2 saturated heterocycles. The van der Waals surface area contributed by atoms with Crippen molar-refractivity contribution < 1.29 is 4.79 Å². The Hall–Kier alpha value is -1.36. The fraction of sp³-hybridized carbons (Fsp3) is 0.818. The number of amides is 1. The highest BCUT2D eigenvalue weighted by molar-refractivity contribution is 5.93. The van der Waals surface area contributed by atoms with Gasteiger partial charge in [-0.3, -0.25) is 9.48 Å². The first-order chi connectivity index (χ1) is 13.1. The van der Waals surface area contributed by atoms with Gasteiger partial charge in [0, 0.05) is 38.1 Å². The molecule has 3 aliphatic rings. The molecule has 3 fully saturated rings. The van der Waals surface area contributed by atoms with Crippen LogP contribution in [0.2, 0.25) is 0 Å². The average molecular weight is 373 g/mol. The zero-order valence-corrected chi connectivity index (χ0v) is 17.3. The van der Waals surface area contributed by atoms with E-state index in [1.807, 2.05) is 17.7 Å². The lowest BCUT2D eigenvalue weighted by atomic mass is 9.78. The summed E-state index contributed by atoms with van der Waals surface area (Å²) in [6.45, 7) is 10.4. The molecule has 1 unspecified atom stereocenters. The third-order valence-corrected chi connectivity index (χ3v) is 7.13. The number of aromatic nitrogens is 2. The number of hydrogen-bond donors (Lipinski definition) is 0. The van der Waals surface area contributed by atoms with Crippen LogP contribution in [0.3, 0.4) is 0 Å². The fourth-order valence-corrected chi connectivity index (χ4v) is 5.76. The molecule has 1 aliphatic carbocycles. The Kier molecular flexibility index (Phi) is 5.58. The lowest BCUT2D eigenvalue weighted by Crippen LogP contribution is -2.47. The monoisotopic (exact) mass is 372 g/mol. The Labute approximate surface area is 164 Å². The van der Waals surface area contributed by atoms with Crippen LogP contribution < -0.4 is 0 Å². The number of piperidine rings is 1. The van der Waals surface area contributed by atoms with Crippen LogP contribution in [0.25, 0.3) is 0 Å². The van der Waals surface area contributed by atoms with E-state index in [0.717, 1.165) is 36.9 Å². The Morgan fingerprint density at radius 3 is 2.74 bits per heavy atom.